The fourth-order valence-corrected chi connectivity index (χ4v) is 6.65. The number of aliphatic hydroxyl groups is 1. The minimum Gasteiger partial charge on any atom is -0.396 e. The van der Waals surface area contributed by atoms with Gasteiger partial charge in [-0.3, -0.25) is 0 Å². The molecular weight excluding hydrogens is 386 g/mol. The highest BCUT2D eigenvalue weighted by Crippen LogP contribution is 2.39. The first-order valence-electron chi connectivity index (χ1n) is 6.72. The van der Waals surface area contributed by atoms with E-state index >= 15 is 0 Å². The molecule has 0 bridgehead atoms. The van der Waals surface area contributed by atoms with Crippen molar-refractivity contribution in [1.82, 2.24) is 9.62 Å². The van der Waals surface area contributed by atoms with E-state index in [0.717, 1.165) is 0 Å². The maximum Gasteiger partial charge on any atom is 0.252 e. The SMILES string of the molecule is CCN[C@H]1CN(CCCO)S(=O)(=O)c2sc(S(N)(=O)=O)cc21.Cl. The van der Waals surface area contributed by atoms with Crippen LogP contribution in [0.1, 0.15) is 24.9 Å². The number of fused-ring (bicyclic) bond motifs is 1. The van der Waals surface area contributed by atoms with Crippen molar-refractivity contribution < 1.29 is 21.9 Å². The van der Waals surface area contributed by atoms with Crippen LogP contribution in [0.3, 0.4) is 0 Å². The molecule has 1 aromatic heterocycles. The van der Waals surface area contributed by atoms with Gasteiger partial charge >= 0.3 is 0 Å². The van der Waals surface area contributed by atoms with E-state index in [1.54, 1.807) is 0 Å². The van der Waals surface area contributed by atoms with E-state index in [-0.39, 0.29) is 46.6 Å². The molecule has 0 amide bonds. The molecule has 23 heavy (non-hydrogen) atoms. The maximum absolute atomic E-state index is 12.6. The van der Waals surface area contributed by atoms with Gasteiger partial charge in [0.05, 0.1) is 0 Å². The molecule has 4 N–H and O–H groups in total. The third-order valence-electron chi connectivity index (χ3n) is 3.33. The topological polar surface area (TPSA) is 130 Å². The van der Waals surface area contributed by atoms with Crippen LogP contribution in [0, 0.1) is 0 Å². The fourth-order valence-electron chi connectivity index (χ4n) is 2.35. The Labute approximate surface area is 146 Å². The lowest BCUT2D eigenvalue weighted by Gasteiger charge is -2.32. The number of hydrogen-bond donors (Lipinski definition) is 3. The van der Waals surface area contributed by atoms with E-state index in [1.807, 2.05) is 6.92 Å². The Kier molecular flexibility index (Phi) is 6.99. The summed E-state index contributed by atoms with van der Waals surface area (Å²) < 4.78 is 49.3. The standard InChI is InChI=1S/C11H19N3O5S3.ClH/c1-2-13-9-7-14(4-3-5-15)22(18,19)11-8(9)6-10(20-11)21(12,16)17;/h6,9,13,15H,2-5,7H2,1H3,(H2,12,16,17);1H/t9-;/m0./s1. The predicted molar refractivity (Wildman–Crippen MR) is 89.8 cm³/mol. The molecule has 2 heterocycles. The second-order valence-corrected chi connectivity index (χ2v) is 9.88. The number of rotatable bonds is 6. The zero-order valence-corrected chi connectivity index (χ0v) is 15.7. The smallest absolute Gasteiger partial charge is 0.252 e. The van der Waals surface area contributed by atoms with Gasteiger partial charge in [0, 0.05) is 31.3 Å². The normalized spacial score (nSPS) is 20.7. The average Bonchev–Trinajstić information content (AvgIpc) is 2.87. The van der Waals surface area contributed by atoms with Gasteiger partial charge in [0.15, 0.2) is 0 Å². The fraction of sp³-hybridized carbons (Fsp3) is 0.636. The van der Waals surface area contributed by atoms with Crippen LogP contribution < -0.4 is 10.5 Å². The van der Waals surface area contributed by atoms with Crippen LogP contribution in [0.5, 0.6) is 0 Å². The summed E-state index contributed by atoms with van der Waals surface area (Å²) in [5.41, 5.74) is 0.441. The second kappa shape index (κ2) is 7.74. The minimum absolute atomic E-state index is 0. The Morgan fingerprint density at radius 3 is 2.70 bits per heavy atom. The van der Waals surface area contributed by atoms with Gasteiger partial charge in [0.2, 0.25) is 10.0 Å². The van der Waals surface area contributed by atoms with Crippen molar-refractivity contribution in [2.75, 3.05) is 26.2 Å². The summed E-state index contributed by atoms with van der Waals surface area (Å²) >= 11 is 0.671. The molecule has 2 rings (SSSR count). The zero-order valence-electron chi connectivity index (χ0n) is 12.4. The number of thiophene rings is 1. The molecule has 0 radical (unpaired) electrons. The number of nitrogens with one attached hydrogen (secondary N) is 1. The summed E-state index contributed by atoms with van der Waals surface area (Å²) in [5.74, 6) is 0. The molecule has 0 aliphatic carbocycles. The summed E-state index contributed by atoms with van der Waals surface area (Å²) in [5, 5.41) is 17.2. The Balaban J connectivity index is 0.00000264. The highest BCUT2D eigenvalue weighted by molar-refractivity contribution is 7.94. The molecule has 1 aliphatic heterocycles. The van der Waals surface area contributed by atoms with Crippen molar-refractivity contribution in [2.24, 2.45) is 5.14 Å². The van der Waals surface area contributed by atoms with E-state index in [4.69, 9.17) is 10.2 Å². The molecule has 1 atom stereocenters. The number of hydrogen-bond acceptors (Lipinski definition) is 7. The summed E-state index contributed by atoms with van der Waals surface area (Å²) in [4.78, 5) is 0. The number of nitrogens with zero attached hydrogens (tertiary/aromatic N) is 1. The lowest BCUT2D eigenvalue weighted by atomic mass is 10.1. The molecular formula is C11H20ClN3O5S3. The van der Waals surface area contributed by atoms with Gasteiger partial charge in [0.1, 0.15) is 8.42 Å². The van der Waals surface area contributed by atoms with Crippen LogP contribution >= 0.6 is 23.7 Å². The molecule has 12 heteroatoms. The second-order valence-electron chi connectivity index (χ2n) is 4.90. The number of halogens is 1. The third-order valence-corrected chi connectivity index (χ3v) is 8.30. The molecule has 0 saturated carbocycles. The van der Waals surface area contributed by atoms with Crippen LogP contribution in [0.4, 0.5) is 0 Å². The van der Waals surface area contributed by atoms with Gasteiger partial charge in [0.25, 0.3) is 10.0 Å². The molecule has 8 nitrogen and oxygen atoms in total. The van der Waals surface area contributed by atoms with E-state index in [0.29, 0.717) is 29.9 Å². The monoisotopic (exact) mass is 405 g/mol. The van der Waals surface area contributed by atoms with E-state index in [1.165, 1.54) is 10.4 Å². The molecule has 0 fully saturated rings. The van der Waals surface area contributed by atoms with Crippen molar-refractivity contribution in [3.63, 3.8) is 0 Å². The number of sulfonamides is 2. The molecule has 0 saturated heterocycles. The third kappa shape index (κ3) is 4.23. The number of aliphatic hydroxyl groups excluding tert-OH is 1. The number of likely N-dealkylation sites (N-methyl/N-ethyl adjacent to an activating group) is 1. The zero-order chi connectivity index (χ0) is 16.5. The summed E-state index contributed by atoms with van der Waals surface area (Å²) in [6.45, 7) is 2.76. The molecule has 0 aromatic carbocycles. The van der Waals surface area contributed by atoms with Gasteiger partial charge in [-0.25, -0.2) is 22.0 Å². The molecule has 1 aliphatic rings. The van der Waals surface area contributed by atoms with Crippen molar-refractivity contribution in [2.45, 2.75) is 27.8 Å². The highest BCUT2D eigenvalue weighted by Gasteiger charge is 2.39. The summed E-state index contributed by atoms with van der Waals surface area (Å²) in [7, 11) is -7.72. The molecule has 134 valence electrons. The van der Waals surface area contributed by atoms with Crippen molar-refractivity contribution in [3.8, 4) is 0 Å². The molecule has 0 unspecified atom stereocenters. The Morgan fingerprint density at radius 2 is 2.17 bits per heavy atom. The largest absolute Gasteiger partial charge is 0.396 e. The van der Waals surface area contributed by atoms with Crippen molar-refractivity contribution in [3.05, 3.63) is 11.6 Å². The first kappa shape index (κ1) is 20.8. The Bertz CT molecular complexity index is 747. The first-order chi connectivity index (χ1) is 10.2. The first-order valence-corrected chi connectivity index (χ1v) is 10.5. The predicted octanol–water partition coefficient (Wildman–Crippen LogP) is -0.145. The van der Waals surface area contributed by atoms with Crippen LogP contribution in [0.15, 0.2) is 14.5 Å². The minimum atomic E-state index is -3.95. The summed E-state index contributed by atoms with van der Waals surface area (Å²) in [6, 6.07) is 1.04. The maximum atomic E-state index is 12.6. The summed E-state index contributed by atoms with van der Waals surface area (Å²) in [6.07, 6.45) is 0.320. The molecule has 0 spiro atoms. The lowest BCUT2D eigenvalue weighted by Crippen LogP contribution is -2.43. The average molecular weight is 406 g/mol. The van der Waals surface area contributed by atoms with E-state index in [2.05, 4.69) is 5.32 Å². The van der Waals surface area contributed by atoms with Crippen LogP contribution in [0.2, 0.25) is 0 Å². The van der Waals surface area contributed by atoms with E-state index < -0.39 is 20.0 Å². The number of nitrogens with two attached hydrogens (primary N) is 1. The van der Waals surface area contributed by atoms with Gasteiger partial charge in [-0.1, -0.05) is 6.92 Å². The van der Waals surface area contributed by atoms with Crippen molar-refractivity contribution in [1.29, 1.82) is 0 Å². The lowest BCUT2D eigenvalue weighted by molar-refractivity contribution is 0.260. The van der Waals surface area contributed by atoms with Crippen LogP contribution in [-0.2, 0) is 20.0 Å². The van der Waals surface area contributed by atoms with Crippen molar-refractivity contribution >= 4 is 43.8 Å². The highest BCUT2D eigenvalue weighted by atomic mass is 35.5. The quantitative estimate of drug-likeness (QED) is 0.603. The van der Waals surface area contributed by atoms with Crippen LogP contribution in [-0.4, -0.2) is 52.5 Å². The van der Waals surface area contributed by atoms with Gasteiger partial charge in [-0.15, -0.1) is 23.7 Å². The van der Waals surface area contributed by atoms with Gasteiger partial charge < -0.3 is 10.4 Å². The Morgan fingerprint density at radius 1 is 1.52 bits per heavy atom. The van der Waals surface area contributed by atoms with Gasteiger partial charge in [-0.2, -0.15) is 4.31 Å². The number of primary sulfonamides is 1. The van der Waals surface area contributed by atoms with Crippen LogP contribution in [0.25, 0.3) is 0 Å². The van der Waals surface area contributed by atoms with Gasteiger partial charge in [-0.05, 0) is 19.0 Å². The Hall–Kier alpha value is -0.270. The van der Waals surface area contributed by atoms with E-state index in [9.17, 15) is 16.8 Å². The molecule has 1 aromatic rings.